The maximum atomic E-state index is 13.6. The number of amides is 1. The molecule has 1 amide bonds. The molecule has 3 aromatic rings. The van der Waals surface area contributed by atoms with Gasteiger partial charge in [0.15, 0.2) is 0 Å². The van der Waals surface area contributed by atoms with Gasteiger partial charge in [0.2, 0.25) is 0 Å². The number of hydrogen-bond acceptors (Lipinski definition) is 7. The van der Waals surface area contributed by atoms with Crippen molar-refractivity contribution in [3.63, 3.8) is 0 Å². The Morgan fingerprint density at radius 1 is 1.14 bits per heavy atom. The van der Waals surface area contributed by atoms with Crippen LogP contribution in [0.5, 0.6) is 5.75 Å². The molecule has 5 N–H and O–H groups in total. The quantitative estimate of drug-likeness (QED) is 0.289. The van der Waals surface area contributed by atoms with Crippen LogP contribution in [0.1, 0.15) is 27.0 Å². The first-order chi connectivity index (χ1) is 17.5. The molecule has 0 aliphatic carbocycles. The maximum absolute atomic E-state index is 13.6. The van der Waals surface area contributed by atoms with Gasteiger partial charge in [-0.2, -0.15) is 13.2 Å². The summed E-state index contributed by atoms with van der Waals surface area (Å²) < 4.78 is 46.3. The molecule has 11 heteroatoms. The van der Waals surface area contributed by atoms with Crippen LogP contribution < -0.4 is 26.6 Å². The molecule has 3 rings (SSSR count). The number of carbonyl (C=O) groups is 1. The number of pyridine rings is 1. The predicted octanol–water partition coefficient (Wildman–Crippen LogP) is 4.24. The number of alkyl halides is 3. The number of ether oxygens (including phenoxy) is 1. The Kier molecular flexibility index (Phi) is 8.74. The van der Waals surface area contributed by atoms with Gasteiger partial charge in [0.25, 0.3) is 5.91 Å². The number of hydrogen-bond donors (Lipinski definition) is 3. The number of anilines is 2. The molecule has 0 fully saturated rings. The van der Waals surface area contributed by atoms with E-state index in [0.717, 1.165) is 11.6 Å². The van der Waals surface area contributed by atoms with Gasteiger partial charge in [0.1, 0.15) is 12.4 Å². The number of nitrogens with one attached hydrogen (secondary N) is 1. The summed E-state index contributed by atoms with van der Waals surface area (Å²) in [5, 5.41) is 3.79. The zero-order chi connectivity index (χ0) is 27.2. The zero-order valence-electron chi connectivity index (χ0n) is 20.7. The van der Waals surface area contributed by atoms with Gasteiger partial charge < -0.3 is 20.7 Å². The van der Waals surface area contributed by atoms with Gasteiger partial charge >= 0.3 is 6.18 Å². The third kappa shape index (κ3) is 7.45. The zero-order valence-corrected chi connectivity index (χ0v) is 20.7. The largest absolute Gasteiger partial charge is 0.492 e. The van der Waals surface area contributed by atoms with Gasteiger partial charge in [-0.3, -0.25) is 14.8 Å². The number of nitrogens with zero attached hydrogens (tertiary/aromatic N) is 3. The van der Waals surface area contributed by atoms with Crippen molar-refractivity contribution in [3.8, 4) is 5.75 Å². The summed E-state index contributed by atoms with van der Waals surface area (Å²) in [5.74, 6) is 5.27. The van der Waals surface area contributed by atoms with Crippen LogP contribution >= 0.6 is 0 Å². The van der Waals surface area contributed by atoms with Crippen LogP contribution in [0.15, 0.2) is 67.1 Å². The molecule has 0 aliphatic rings. The molecule has 0 atom stereocenters. The fourth-order valence-electron chi connectivity index (χ4n) is 3.35. The van der Waals surface area contributed by atoms with Gasteiger partial charge in [-0.1, -0.05) is 6.07 Å². The van der Waals surface area contributed by atoms with E-state index >= 15 is 0 Å². The Labute approximate surface area is 213 Å². The molecule has 196 valence electrons. The van der Waals surface area contributed by atoms with E-state index in [9.17, 15) is 18.0 Å². The number of likely N-dealkylation sites (N-methyl/N-ethyl adjacent to an activating group) is 1. The molecule has 37 heavy (non-hydrogen) atoms. The summed E-state index contributed by atoms with van der Waals surface area (Å²) >= 11 is 0. The molecule has 8 nitrogen and oxygen atoms in total. The second-order valence-electron chi connectivity index (χ2n) is 8.55. The molecular weight excluding hydrogens is 485 g/mol. The van der Waals surface area contributed by atoms with Gasteiger partial charge in [-0.25, -0.2) is 5.84 Å². The molecule has 2 aromatic carbocycles. The second kappa shape index (κ2) is 11.8. The van der Waals surface area contributed by atoms with E-state index in [-0.39, 0.29) is 23.6 Å². The highest BCUT2D eigenvalue weighted by Crippen LogP contribution is 2.38. The van der Waals surface area contributed by atoms with Crippen molar-refractivity contribution >= 4 is 23.0 Å². The molecule has 0 bridgehead atoms. The van der Waals surface area contributed by atoms with Crippen molar-refractivity contribution in [2.75, 3.05) is 37.6 Å². The van der Waals surface area contributed by atoms with Gasteiger partial charge in [0, 0.05) is 42.0 Å². The summed E-state index contributed by atoms with van der Waals surface area (Å²) in [6.45, 7) is 2.34. The van der Waals surface area contributed by atoms with Crippen molar-refractivity contribution in [3.05, 3.63) is 89.4 Å². The van der Waals surface area contributed by atoms with E-state index in [1.807, 2.05) is 0 Å². The highest BCUT2D eigenvalue weighted by molar-refractivity contribution is 6.05. The smallest absolute Gasteiger partial charge is 0.420 e. The van der Waals surface area contributed by atoms with E-state index < -0.39 is 17.6 Å². The first kappa shape index (κ1) is 27.5. The second-order valence-corrected chi connectivity index (χ2v) is 8.55. The minimum atomic E-state index is -4.66. The summed E-state index contributed by atoms with van der Waals surface area (Å²) in [6, 6.07) is 11.7. The third-order valence-electron chi connectivity index (χ3n) is 5.36. The van der Waals surface area contributed by atoms with Crippen LogP contribution in [0.4, 0.5) is 24.5 Å². The lowest BCUT2D eigenvalue weighted by atomic mass is 10.1. The Morgan fingerprint density at radius 2 is 1.89 bits per heavy atom. The molecule has 0 saturated carbocycles. The summed E-state index contributed by atoms with van der Waals surface area (Å²) in [7, 11) is 3.58. The molecule has 1 heterocycles. The van der Waals surface area contributed by atoms with Crippen LogP contribution in [0, 0.1) is 6.92 Å². The van der Waals surface area contributed by atoms with E-state index in [1.54, 1.807) is 62.6 Å². The number of carbonyl (C=O) groups excluding carboxylic acids is 1. The highest BCUT2D eigenvalue weighted by Gasteiger charge is 2.35. The molecule has 1 aromatic heterocycles. The first-order valence-electron chi connectivity index (χ1n) is 11.3. The average molecular weight is 515 g/mol. The van der Waals surface area contributed by atoms with Gasteiger partial charge in [-0.05, 0) is 69.0 Å². The summed E-state index contributed by atoms with van der Waals surface area (Å²) in [6.07, 6.45) is 0.0360. The number of aromatic nitrogens is 1. The fourth-order valence-corrected chi connectivity index (χ4v) is 3.35. The van der Waals surface area contributed by atoms with Crippen LogP contribution in [-0.4, -0.2) is 43.0 Å². The molecule has 0 radical (unpaired) electrons. The van der Waals surface area contributed by atoms with Crippen molar-refractivity contribution in [2.24, 2.45) is 11.6 Å². The molecule has 0 spiro atoms. The topological polar surface area (TPSA) is 110 Å². The van der Waals surface area contributed by atoms with Crippen LogP contribution in [0.3, 0.4) is 0 Å². The lowest BCUT2D eigenvalue weighted by Crippen LogP contribution is -2.27. The normalized spacial score (nSPS) is 11.9. The minimum absolute atomic E-state index is 0.0234. The van der Waals surface area contributed by atoms with Crippen molar-refractivity contribution in [2.45, 2.75) is 13.1 Å². The number of aryl methyl sites for hydroxylation is 1. The van der Waals surface area contributed by atoms with Crippen LogP contribution in [0.2, 0.25) is 0 Å². The fraction of sp³-hybridized carbons (Fsp3) is 0.231. The maximum Gasteiger partial charge on any atom is 0.420 e. The standard InChI is InChI=1S/C26H29F3N6O2/c1-17-6-7-18(13-23(17)35(31)16-22(30)19-5-4-10-32-15-19)25(36)33-20-8-9-24(37-12-11-34(2)3)21(14-20)26(27,28)29/h4-10,13-16H,11-12,30-31H2,1-3H3,(H,33,36)/b22-16-. The number of benzene rings is 2. The van der Waals surface area contributed by atoms with E-state index in [4.69, 9.17) is 16.3 Å². The van der Waals surface area contributed by atoms with Crippen LogP contribution in [-0.2, 0) is 6.18 Å². The Bertz CT molecular complexity index is 1260. The van der Waals surface area contributed by atoms with Crippen LogP contribution in [0.25, 0.3) is 5.70 Å². The molecular formula is C26H29F3N6O2. The SMILES string of the molecule is Cc1ccc(C(=O)Nc2ccc(OCCN(C)C)c(C(F)(F)F)c2)cc1N(N)/C=C(\N)c1cccnc1. The Morgan fingerprint density at radius 3 is 2.54 bits per heavy atom. The van der Waals surface area contributed by atoms with Gasteiger partial charge in [0.05, 0.1) is 16.9 Å². The molecule has 0 aliphatic heterocycles. The van der Waals surface area contributed by atoms with Crippen molar-refractivity contribution in [1.29, 1.82) is 0 Å². The lowest BCUT2D eigenvalue weighted by molar-refractivity contribution is -0.138. The lowest BCUT2D eigenvalue weighted by Gasteiger charge is -2.19. The summed E-state index contributed by atoms with van der Waals surface area (Å²) in [5.41, 5.74) is 7.57. The predicted molar refractivity (Wildman–Crippen MR) is 138 cm³/mol. The van der Waals surface area contributed by atoms with Crippen molar-refractivity contribution < 1.29 is 22.7 Å². The third-order valence-corrected chi connectivity index (χ3v) is 5.36. The minimum Gasteiger partial charge on any atom is -0.492 e. The van der Waals surface area contributed by atoms with E-state index in [0.29, 0.717) is 23.5 Å². The van der Waals surface area contributed by atoms with E-state index in [2.05, 4.69) is 10.3 Å². The average Bonchev–Trinajstić information content (AvgIpc) is 2.84. The molecule has 0 unspecified atom stereocenters. The number of hydrazine groups is 1. The monoisotopic (exact) mass is 514 g/mol. The highest BCUT2D eigenvalue weighted by atomic mass is 19.4. The number of nitrogens with two attached hydrogens (primary N) is 2. The van der Waals surface area contributed by atoms with Crippen molar-refractivity contribution in [1.82, 2.24) is 9.88 Å². The van der Waals surface area contributed by atoms with Gasteiger partial charge in [-0.15, -0.1) is 0 Å². The number of halogens is 3. The number of rotatable bonds is 9. The Balaban J connectivity index is 1.81. The van der Waals surface area contributed by atoms with E-state index in [1.165, 1.54) is 29.4 Å². The first-order valence-corrected chi connectivity index (χ1v) is 11.3. The Hall–Kier alpha value is -4.09. The summed E-state index contributed by atoms with van der Waals surface area (Å²) in [4.78, 5) is 18.7. The molecule has 0 saturated heterocycles.